The van der Waals surface area contributed by atoms with Gasteiger partial charge in [-0.05, 0) is 36.2 Å². The van der Waals surface area contributed by atoms with Gasteiger partial charge in [0.05, 0.1) is 4.92 Å². The first kappa shape index (κ1) is 14.3. The summed E-state index contributed by atoms with van der Waals surface area (Å²) in [4.78, 5) is 10.4. The summed E-state index contributed by atoms with van der Waals surface area (Å²) in [7, 11) is 0. The molecule has 0 unspecified atom stereocenters. The van der Waals surface area contributed by atoms with Crippen LogP contribution in [0.2, 0.25) is 5.02 Å². The summed E-state index contributed by atoms with van der Waals surface area (Å²) in [5.41, 5.74) is 1.65. The highest BCUT2D eigenvalue weighted by molar-refractivity contribution is 6.31. The Morgan fingerprint density at radius 2 is 2.05 bits per heavy atom. The topological polar surface area (TPSA) is 55.2 Å². The summed E-state index contributed by atoms with van der Waals surface area (Å²) in [6.07, 6.45) is 0. The fourth-order valence-electron chi connectivity index (χ4n) is 1.82. The van der Waals surface area contributed by atoms with Gasteiger partial charge in [0.1, 0.15) is 11.5 Å². The lowest BCUT2D eigenvalue weighted by Crippen LogP contribution is -2.03. The van der Waals surface area contributed by atoms with E-state index in [1.165, 1.54) is 24.3 Å². The number of nitro benzene ring substituents is 1. The second kappa shape index (κ2) is 5.88. The van der Waals surface area contributed by atoms with Crippen molar-refractivity contribution in [3.8, 4) is 0 Å². The molecule has 0 heterocycles. The lowest BCUT2D eigenvalue weighted by molar-refractivity contribution is -0.384. The molecule has 0 aromatic heterocycles. The van der Waals surface area contributed by atoms with Crippen molar-refractivity contribution in [3.63, 3.8) is 0 Å². The lowest BCUT2D eigenvalue weighted by atomic mass is 10.1. The zero-order valence-electron chi connectivity index (χ0n) is 10.7. The zero-order chi connectivity index (χ0) is 14.7. The smallest absolute Gasteiger partial charge is 0.292 e. The molecule has 0 radical (unpaired) electrons. The van der Waals surface area contributed by atoms with Crippen molar-refractivity contribution >= 4 is 23.0 Å². The predicted molar refractivity (Wildman–Crippen MR) is 76.6 cm³/mol. The van der Waals surface area contributed by atoms with Crippen LogP contribution in [-0.4, -0.2) is 4.92 Å². The Morgan fingerprint density at radius 3 is 2.70 bits per heavy atom. The van der Waals surface area contributed by atoms with Crippen LogP contribution in [0.4, 0.5) is 15.8 Å². The van der Waals surface area contributed by atoms with Gasteiger partial charge in [-0.15, -0.1) is 0 Å². The Balaban J connectivity index is 2.20. The molecule has 2 aromatic carbocycles. The molecule has 20 heavy (non-hydrogen) atoms. The number of anilines is 1. The molecule has 0 saturated carbocycles. The molecule has 0 aliphatic carbocycles. The standard InChI is InChI=1S/C14H12ClFN2O2/c1-9-6-10(2-4-12(9)16)8-17-13-7-11(15)3-5-14(13)18(19)20/h2-7,17H,8H2,1H3. The molecule has 0 saturated heterocycles. The van der Waals surface area contributed by atoms with Crippen LogP contribution in [0.25, 0.3) is 0 Å². The maximum Gasteiger partial charge on any atom is 0.292 e. The molecule has 2 aromatic rings. The number of benzene rings is 2. The number of halogens is 2. The van der Waals surface area contributed by atoms with Gasteiger partial charge in [-0.25, -0.2) is 4.39 Å². The van der Waals surface area contributed by atoms with Gasteiger partial charge in [0.15, 0.2) is 0 Å². The molecular weight excluding hydrogens is 283 g/mol. The van der Waals surface area contributed by atoms with Crippen molar-refractivity contribution in [2.45, 2.75) is 13.5 Å². The van der Waals surface area contributed by atoms with Crippen LogP contribution < -0.4 is 5.32 Å². The minimum Gasteiger partial charge on any atom is -0.375 e. The van der Waals surface area contributed by atoms with E-state index < -0.39 is 4.92 Å². The van der Waals surface area contributed by atoms with Crippen molar-refractivity contribution in [1.82, 2.24) is 0 Å². The quantitative estimate of drug-likeness (QED) is 0.675. The van der Waals surface area contributed by atoms with Crippen LogP contribution in [0.1, 0.15) is 11.1 Å². The van der Waals surface area contributed by atoms with Crippen LogP contribution in [0.15, 0.2) is 36.4 Å². The maximum atomic E-state index is 13.2. The van der Waals surface area contributed by atoms with E-state index >= 15 is 0 Å². The highest BCUT2D eigenvalue weighted by atomic mass is 35.5. The van der Waals surface area contributed by atoms with E-state index in [4.69, 9.17) is 11.6 Å². The van der Waals surface area contributed by atoms with E-state index in [0.29, 0.717) is 22.8 Å². The van der Waals surface area contributed by atoms with E-state index in [-0.39, 0.29) is 11.5 Å². The monoisotopic (exact) mass is 294 g/mol. The Morgan fingerprint density at radius 1 is 1.30 bits per heavy atom. The SMILES string of the molecule is Cc1cc(CNc2cc(Cl)ccc2[N+](=O)[O-])ccc1F. The van der Waals surface area contributed by atoms with Crippen LogP contribution in [0.3, 0.4) is 0 Å². The first-order chi connectivity index (χ1) is 9.47. The third-order valence-corrected chi connectivity index (χ3v) is 3.10. The summed E-state index contributed by atoms with van der Waals surface area (Å²) in [5, 5.41) is 14.3. The molecule has 1 N–H and O–H groups in total. The summed E-state index contributed by atoms with van der Waals surface area (Å²) in [6.45, 7) is 2.02. The van der Waals surface area contributed by atoms with Crippen molar-refractivity contribution in [3.05, 3.63) is 68.5 Å². The molecule has 2 rings (SSSR count). The van der Waals surface area contributed by atoms with Gasteiger partial charge >= 0.3 is 0 Å². The van der Waals surface area contributed by atoms with Crippen LogP contribution in [0, 0.1) is 22.9 Å². The van der Waals surface area contributed by atoms with E-state index in [0.717, 1.165) is 5.56 Å². The Labute approximate surface area is 120 Å². The number of aryl methyl sites for hydroxylation is 1. The van der Waals surface area contributed by atoms with E-state index in [2.05, 4.69) is 5.32 Å². The summed E-state index contributed by atoms with van der Waals surface area (Å²) in [6, 6.07) is 9.01. The van der Waals surface area contributed by atoms with E-state index in [9.17, 15) is 14.5 Å². The van der Waals surface area contributed by atoms with Crippen LogP contribution in [-0.2, 0) is 6.54 Å². The molecule has 0 bridgehead atoms. The molecule has 0 spiro atoms. The molecule has 0 atom stereocenters. The third kappa shape index (κ3) is 3.24. The van der Waals surface area contributed by atoms with Gasteiger partial charge in [-0.3, -0.25) is 10.1 Å². The number of nitrogens with zero attached hydrogens (tertiary/aromatic N) is 1. The third-order valence-electron chi connectivity index (χ3n) is 2.86. The van der Waals surface area contributed by atoms with Gasteiger partial charge in [-0.1, -0.05) is 23.7 Å². The molecule has 0 fully saturated rings. The first-order valence-electron chi connectivity index (χ1n) is 5.90. The average Bonchev–Trinajstić information content (AvgIpc) is 2.40. The first-order valence-corrected chi connectivity index (χ1v) is 6.28. The minimum atomic E-state index is -0.478. The Bertz CT molecular complexity index is 662. The molecule has 0 amide bonds. The van der Waals surface area contributed by atoms with Gasteiger partial charge in [0, 0.05) is 17.6 Å². The molecule has 4 nitrogen and oxygen atoms in total. The van der Waals surface area contributed by atoms with Crippen molar-refractivity contribution in [2.24, 2.45) is 0 Å². The van der Waals surface area contributed by atoms with Crippen molar-refractivity contribution in [1.29, 1.82) is 0 Å². The Hall–Kier alpha value is -2.14. The molecule has 6 heteroatoms. The number of nitro groups is 1. The van der Waals surface area contributed by atoms with Crippen molar-refractivity contribution in [2.75, 3.05) is 5.32 Å². The lowest BCUT2D eigenvalue weighted by Gasteiger charge is -2.08. The number of hydrogen-bond donors (Lipinski definition) is 1. The highest BCUT2D eigenvalue weighted by Crippen LogP contribution is 2.28. The summed E-state index contributed by atoms with van der Waals surface area (Å²) < 4.78 is 13.2. The van der Waals surface area contributed by atoms with Crippen LogP contribution in [0.5, 0.6) is 0 Å². The summed E-state index contributed by atoms with van der Waals surface area (Å²) in [5.74, 6) is -0.275. The average molecular weight is 295 g/mol. The highest BCUT2D eigenvalue weighted by Gasteiger charge is 2.13. The Kier molecular flexibility index (Phi) is 4.20. The fraction of sp³-hybridized carbons (Fsp3) is 0.143. The van der Waals surface area contributed by atoms with Gasteiger partial charge in [0.25, 0.3) is 5.69 Å². The normalized spacial score (nSPS) is 10.3. The second-order valence-electron chi connectivity index (χ2n) is 4.36. The number of hydrogen-bond acceptors (Lipinski definition) is 3. The molecule has 0 aliphatic rings. The fourth-order valence-corrected chi connectivity index (χ4v) is 2.00. The van der Waals surface area contributed by atoms with Crippen LogP contribution >= 0.6 is 11.6 Å². The minimum absolute atomic E-state index is 0.0479. The van der Waals surface area contributed by atoms with E-state index in [1.807, 2.05) is 0 Å². The summed E-state index contributed by atoms with van der Waals surface area (Å²) >= 11 is 5.84. The zero-order valence-corrected chi connectivity index (χ0v) is 11.4. The molecular formula is C14H12ClFN2O2. The number of rotatable bonds is 4. The van der Waals surface area contributed by atoms with Gasteiger partial charge in [0.2, 0.25) is 0 Å². The molecule has 0 aliphatic heterocycles. The van der Waals surface area contributed by atoms with Crippen molar-refractivity contribution < 1.29 is 9.31 Å². The predicted octanol–water partition coefficient (Wildman–Crippen LogP) is 4.31. The largest absolute Gasteiger partial charge is 0.375 e. The maximum absolute atomic E-state index is 13.2. The second-order valence-corrected chi connectivity index (χ2v) is 4.79. The van der Waals surface area contributed by atoms with E-state index in [1.54, 1.807) is 19.1 Å². The number of nitrogens with one attached hydrogen (secondary N) is 1. The van der Waals surface area contributed by atoms with Gasteiger partial charge in [-0.2, -0.15) is 0 Å². The molecule has 104 valence electrons. The van der Waals surface area contributed by atoms with Gasteiger partial charge < -0.3 is 5.32 Å².